The van der Waals surface area contributed by atoms with Crippen LogP contribution in [0.25, 0.3) is 0 Å². The first-order chi connectivity index (χ1) is 9.08. The van der Waals surface area contributed by atoms with Crippen molar-refractivity contribution in [3.05, 3.63) is 33.8 Å². The van der Waals surface area contributed by atoms with Crippen molar-refractivity contribution in [1.82, 2.24) is 5.32 Å². The van der Waals surface area contributed by atoms with Crippen LogP contribution in [0.1, 0.15) is 23.2 Å². The quantitative estimate of drug-likeness (QED) is 0.903. The van der Waals surface area contributed by atoms with Crippen molar-refractivity contribution in [2.75, 3.05) is 18.1 Å². The summed E-state index contributed by atoms with van der Waals surface area (Å²) >= 11 is 4.88. The van der Waals surface area contributed by atoms with Gasteiger partial charge in [-0.2, -0.15) is 11.8 Å². The smallest absolute Gasteiger partial charge is 0.257 e. The molecule has 0 unspecified atom stereocenters. The van der Waals surface area contributed by atoms with Crippen molar-refractivity contribution in [3.63, 3.8) is 0 Å². The zero-order valence-corrected chi connectivity index (χ0v) is 12.6. The second kappa shape index (κ2) is 6.70. The summed E-state index contributed by atoms with van der Waals surface area (Å²) in [5.74, 6) is 0.211. The van der Waals surface area contributed by atoms with Crippen molar-refractivity contribution in [2.45, 2.75) is 12.8 Å². The standard InChI is InChI=1S/C13H14BrF2NOS/c14-9-5-10(15)12(11(16)6-9)13(18)17-7-8-1-3-19-4-2-8/h5-6,8H,1-4,7H2,(H,17,18). The second-order valence-corrected chi connectivity index (χ2v) is 6.65. The SMILES string of the molecule is O=C(NCC1CCSCC1)c1c(F)cc(Br)cc1F. The second-order valence-electron chi connectivity index (χ2n) is 4.51. The monoisotopic (exact) mass is 349 g/mol. The summed E-state index contributed by atoms with van der Waals surface area (Å²) < 4.78 is 27.5. The number of carbonyl (C=O) groups is 1. The zero-order valence-electron chi connectivity index (χ0n) is 10.2. The van der Waals surface area contributed by atoms with E-state index >= 15 is 0 Å². The largest absolute Gasteiger partial charge is 0.352 e. The number of amides is 1. The molecule has 1 saturated heterocycles. The number of hydrogen-bond donors (Lipinski definition) is 1. The predicted molar refractivity (Wildman–Crippen MR) is 76.4 cm³/mol. The van der Waals surface area contributed by atoms with Crippen LogP contribution in [0.2, 0.25) is 0 Å². The molecular formula is C13H14BrF2NOS. The average molecular weight is 350 g/mol. The van der Waals surface area contributed by atoms with Crippen LogP contribution in [0.3, 0.4) is 0 Å². The van der Waals surface area contributed by atoms with Gasteiger partial charge < -0.3 is 5.32 Å². The number of rotatable bonds is 3. The molecule has 104 valence electrons. The number of thioether (sulfide) groups is 1. The van der Waals surface area contributed by atoms with Crippen LogP contribution in [0, 0.1) is 17.6 Å². The van der Waals surface area contributed by atoms with Crippen LogP contribution in [0.4, 0.5) is 8.78 Å². The molecule has 0 saturated carbocycles. The summed E-state index contributed by atoms with van der Waals surface area (Å²) in [5.41, 5.74) is -0.506. The molecule has 1 heterocycles. The maximum atomic E-state index is 13.6. The van der Waals surface area contributed by atoms with E-state index in [0.717, 1.165) is 36.5 Å². The van der Waals surface area contributed by atoms with Gasteiger partial charge in [-0.1, -0.05) is 15.9 Å². The highest BCUT2D eigenvalue weighted by Crippen LogP contribution is 2.23. The highest BCUT2D eigenvalue weighted by atomic mass is 79.9. The Morgan fingerprint density at radius 1 is 1.32 bits per heavy atom. The molecular weight excluding hydrogens is 336 g/mol. The summed E-state index contributed by atoms with van der Waals surface area (Å²) in [4.78, 5) is 11.8. The van der Waals surface area contributed by atoms with Crippen molar-refractivity contribution in [2.24, 2.45) is 5.92 Å². The Morgan fingerprint density at radius 2 is 1.89 bits per heavy atom. The van der Waals surface area contributed by atoms with Crippen molar-refractivity contribution < 1.29 is 13.6 Å². The molecule has 2 rings (SSSR count). The van der Waals surface area contributed by atoms with Crippen molar-refractivity contribution in [3.8, 4) is 0 Å². The first kappa shape index (κ1) is 14.8. The fraction of sp³-hybridized carbons (Fsp3) is 0.462. The Kier molecular flexibility index (Phi) is 5.21. The van der Waals surface area contributed by atoms with Crippen LogP contribution < -0.4 is 5.32 Å². The first-order valence-electron chi connectivity index (χ1n) is 6.08. The Labute approximate surface area is 123 Å². The van der Waals surface area contributed by atoms with Gasteiger partial charge in [-0.15, -0.1) is 0 Å². The number of benzene rings is 1. The lowest BCUT2D eigenvalue weighted by Crippen LogP contribution is -2.32. The molecule has 1 aliphatic rings. The lowest BCUT2D eigenvalue weighted by atomic mass is 10.0. The third kappa shape index (κ3) is 3.92. The Hall–Kier alpha value is -0.620. The van der Waals surface area contributed by atoms with E-state index in [4.69, 9.17) is 0 Å². The van der Waals surface area contributed by atoms with E-state index in [-0.39, 0.29) is 4.47 Å². The molecule has 0 aliphatic carbocycles. The van der Waals surface area contributed by atoms with Gasteiger partial charge in [-0.3, -0.25) is 4.79 Å². The normalized spacial score (nSPS) is 16.4. The fourth-order valence-corrected chi connectivity index (χ4v) is 3.64. The van der Waals surface area contributed by atoms with E-state index in [9.17, 15) is 13.6 Å². The van der Waals surface area contributed by atoms with E-state index in [2.05, 4.69) is 21.2 Å². The van der Waals surface area contributed by atoms with Gasteiger partial charge in [0.15, 0.2) is 0 Å². The molecule has 0 bridgehead atoms. The molecule has 0 spiro atoms. The molecule has 1 aromatic carbocycles. The third-order valence-electron chi connectivity index (χ3n) is 3.13. The van der Waals surface area contributed by atoms with Gasteiger partial charge in [0.25, 0.3) is 5.91 Å². The van der Waals surface area contributed by atoms with Gasteiger partial charge in [-0.05, 0) is 42.4 Å². The molecule has 0 aromatic heterocycles. The minimum absolute atomic E-state index is 0.281. The van der Waals surface area contributed by atoms with E-state index in [1.165, 1.54) is 0 Å². The van der Waals surface area contributed by atoms with Crippen LogP contribution in [0.15, 0.2) is 16.6 Å². The van der Waals surface area contributed by atoms with E-state index in [0.29, 0.717) is 12.5 Å². The molecule has 1 fully saturated rings. The highest BCUT2D eigenvalue weighted by Gasteiger charge is 2.20. The van der Waals surface area contributed by atoms with Crippen LogP contribution in [0.5, 0.6) is 0 Å². The summed E-state index contributed by atoms with van der Waals surface area (Å²) in [7, 11) is 0. The van der Waals surface area contributed by atoms with Crippen molar-refractivity contribution >= 4 is 33.6 Å². The zero-order chi connectivity index (χ0) is 13.8. The third-order valence-corrected chi connectivity index (χ3v) is 4.63. The molecule has 19 heavy (non-hydrogen) atoms. The summed E-state index contributed by atoms with van der Waals surface area (Å²) in [5, 5.41) is 2.63. The lowest BCUT2D eigenvalue weighted by Gasteiger charge is -2.21. The molecule has 1 aliphatic heterocycles. The summed E-state index contributed by atoms with van der Waals surface area (Å²) in [6.07, 6.45) is 2.08. The summed E-state index contributed by atoms with van der Waals surface area (Å²) in [6, 6.07) is 2.19. The number of carbonyl (C=O) groups excluding carboxylic acids is 1. The number of halogens is 3. The Balaban J connectivity index is 1.99. The van der Waals surface area contributed by atoms with Gasteiger partial charge in [0.2, 0.25) is 0 Å². The minimum Gasteiger partial charge on any atom is -0.352 e. The van der Waals surface area contributed by atoms with Gasteiger partial charge in [-0.25, -0.2) is 8.78 Å². The average Bonchev–Trinajstić information content (AvgIpc) is 2.36. The van der Waals surface area contributed by atoms with Gasteiger partial charge in [0.05, 0.1) is 0 Å². The van der Waals surface area contributed by atoms with E-state index in [1.807, 2.05) is 11.8 Å². The molecule has 1 amide bonds. The van der Waals surface area contributed by atoms with Crippen LogP contribution in [-0.2, 0) is 0 Å². The Morgan fingerprint density at radius 3 is 2.47 bits per heavy atom. The molecule has 1 N–H and O–H groups in total. The number of hydrogen-bond acceptors (Lipinski definition) is 2. The topological polar surface area (TPSA) is 29.1 Å². The van der Waals surface area contributed by atoms with Gasteiger partial charge >= 0.3 is 0 Å². The molecule has 1 aromatic rings. The molecule has 2 nitrogen and oxygen atoms in total. The Bertz CT molecular complexity index is 455. The number of nitrogens with one attached hydrogen (secondary N) is 1. The highest BCUT2D eigenvalue weighted by molar-refractivity contribution is 9.10. The van der Waals surface area contributed by atoms with Crippen LogP contribution >= 0.6 is 27.7 Å². The first-order valence-corrected chi connectivity index (χ1v) is 8.03. The summed E-state index contributed by atoms with van der Waals surface area (Å²) in [6.45, 7) is 0.480. The molecule has 0 radical (unpaired) electrons. The van der Waals surface area contributed by atoms with Gasteiger partial charge in [0.1, 0.15) is 17.2 Å². The van der Waals surface area contributed by atoms with E-state index < -0.39 is 23.1 Å². The van der Waals surface area contributed by atoms with Gasteiger partial charge in [0, 0.05) is 11.0 Å². The molecule has 6 heteroatoms. The fourth-order valence-electron chi connectivity index (χ4n) is 2.04. The van der Waals surface area contributed by atoms with Crippen LogP contribution in [-0.4, -0.2) is 24.0 Å². The van der Waals surface area contributed by atoms with Crippen molar-refractivity contribution in [1.29, 1.82) is 0 Å². The minimum atomic E-state index is -0.844. The maximum absolute atomic E-state index is 13.6. The molecule has 0 atom stereocenters. The van der Waals surface area contributed by atoms with E-state index in [1.54, 1.807) is 0 Å². The predicted octanol–water partition coefficient (Wildman–Crippen LogP) is 3.60. The lowest BCUT2D eigenvalue weighted by molar-refractivity contribution is 0.0938. The maximum Gasteiger partial charge on any atom is 0.257 e.